The van der Waals surface area contributed by atoms with Gasteiger partial charge in [0.1, 0.15) is 0 Å². The Bertz CT molecular complexity index is 1100. The number of aromatic nitrogens is 1. The van der Waals surface area contributed by atoms with Crippen molar-refractivity contribution >= 4 is 28.2 Å². The largest absolute Gasteiger partial charge is 0.416 e. The number of aryl methyl sites for hydroxylation is 1. The van der Waals surface area contributed by atoms with Gasteiger partial charge in [0.15, 0.2) is 0 Å². The summed E-state index contributed by atoms with van der Waals surface area (Å²) in [5.74, 6) is -0.459. The second-order valence-corrected chi connectivity index (χ2v) is 6.45. The molecular formula is C20H18F3N3O2. The number of hydrogen-bond donors (Lipinski definition) is 1. The minimum absolute atomic E-state index is 0.157. The zero-order valence-electron chi connectivity index (χ0n) is 15.2. The van der Waals surface area contributed by atoms with Crippen LogP contribution < -0.4 is 16.2 Å². The summed E-state index contributed by atoms with van der Waals surface area (Å²) in [6.45, 7) is 0. The fourth-order valence-electron chi connectivity index (χ4n) is 3.04. The van der Waals surface area contributed by atoms with Gasteiger partial charge in [0, 0.05) is 25.2 Å². The number of rotatable bonds is 3. The summed E-state index contributed by atoms with van der Waals surface area (Å²) in [7, 11) is 3.03. The molecule has 0 bridgehead atoms. The lowest BCUT2D eigenvalue weighted by atomic mass is 10.1. The summed E-state index contributed by atoms with van der Waals surface area (Å²) in [4.78, 5) is 26.5. The normalized spacial score (nSPS) is 11.6. The number of nitrogens with two attached hydrogens (primary N) is 1. The summed E-state index contributed by atoms with van der Waals surface area (Å²) < 4.78 is 39.5. The standard InChI is InChI=1S/C20H18F3N3O2/c1-25(13-9-7-12(8-10-13)20(21,22)23)17(27)11-15-18(24)14-5-3-4-6-16(14)26(2)19(15)28/h3-10H,11,24H2,1-2H3. The molecule has 0 unspecified atom stereocenters. The highest BCUT2D eigenvalue weighted by atomic mass is 19.4. The van der Waals surface area contributed by atoms with Crippen LogP contribution >= 0.6 is 0 Å². The first-order valence-corrected chi connectivity index (χ1v) is 8.41. The Balaban J connectivity index is 1.92. The SMILES string of the molecule is CN(C(=O)Cc1c(N)c2ccccc2n(C)c1=O)c1ccc(C(F)(F)F)cc1. The van der Waals surface area contributed by atoms with E-state index in [9.17, 15) is 22.8 Å². The predicted molar refractivity (Wildman–Crippen MR) is 102 cm³/mol. The maximum Gasteiger partial charge on any atom is 0.416 e. The molecule has 5 nitrogen and oxygen atoms in total. The molecule has 1 heterocycles. The lowest BCUT2D eigenvalue weighted by Crippen LogP contribution is -2.32. The van der Waals surface area contributed by atoms with Gasteiger partial charge in [-0.25, -0.2) is 0 Å². The zero-order chi connectivity index (χ0) is 20.6. The molecule has 0 fully saturated rings. The van der Waals surface area contributed by atoms with Gasteiger partial charge in [-0.2, -0.15) is 13.2 Å². The molecule has 146 valence electrons. The van der Waals surface area contributed by atoms with Crippen LogP contribution in [0.2, 0.25) is 0 Å². The van der Waals surface area contributed by atoms with E-state index < -0.39 is 17.6 Å². The van der Waals surface area contributed by atoms with E-state index in [1.165, 1.54) is 28.6 Å². The maximum atomic E-state index is 12.7. The van der Waals surface area contributed by atoms with Crippen LogP contribution in [0.5, 0.6) is 0 Å². The van der Waals surface area contributed by atoms with Crippen molar-refractivity contribution < 1.29 is 18.0 Å². The Morgan fingerprint density at radius 1 is 1.11 bits per heavy atom. The van der Waals surface area contributed by atoms with Crippen molar-refractivity contribution in [3.8, 4) is 0 Å². The van der Waals surface area contributed by atoms with E-state index in [-0.39, 0.29) is 28.9 Å². The second kappa shape index (κ2) is 7.03. The number of anilines is 2. The molecule has 8 heteroatoms. The van der Waals surface area contributed by atoms with E-state index >= 15 is 0 Å². The molecule has 0 aliphatic heterocycles. The molecule has 1 amide bonds. The summed E-state index contributed by atoms with van der Waals surface area (Å²) in [6.07, 6.45) is -4.71. The third-order valence-corrected chi connectivity index (χ3v) is 4.73. The number of nitrogens with zero attached hydrogens (tertiary/aromatic N) is 2. The molecule has 0 radical (unpaired) electrons. The first-order valence-electron chi connectivity index (χ1n) is 8.41. The van der Waals surface area contributed by atoms with Gasteiger partial charge in [0.2, 0.25) is 5.91 Å². The van der Waals surface area contributed by atoms with Gasteiger partial charge in [0.05, 0.1) is 28.8 Å². The van der Waals surface area contributed by atoms with Crippen molar-refractivity contribution in [1.82, 2.24) is 4.57 Å². The lowest BCUT2D eigenvalue weighted by Gasteiger charge is -2.19. The van der Waals surface area contributed by atoms with Crippen LogP contribution in [0.4, 0.5) is 24.5 Å². The summed E-state index contributed by atoms with van der Waals surface area (Å²) in [5.41, 5.74) is 6.27. The number of carbonyl (C=O) groups is 1. The topological polar surface area (TPSA) is 68.3 Å². The number of likely N-dealkylation sites (N-methyl/N-ethyl adjacent to an activating group) is 1. The number of alkyl halides is 3. The molecule has 2 aromatic carbocycles. The molecule has 0 atom stereocenters. The first-order chi connectivity index (χ1) is 13.1. The van der Waals surface area contributed by atoms with Crippen molar-refractivity contribution in [2.24, 2.45) is 7.05 Å². The van der Waals surface area contributed by atoms with Gasteiger partial charge in [-0.05, 0) is 30.3 Å². The minimum atomic E-state index is -4.45. The van der Waals surface area contributed by atoms with Crippen LogP contribution in [0.1, 0.15) is 11.1 Å². The lowest BCUT2D eigenvalue weighted by molar-refractivity contribution is -0.137. The smallest absolute Gasteiger partial charge is 0.398 e. The van der Waals surface area contributed by atoms with E-state index in [1.54, 1.807) is 31.3 Å². The highest BCUT2D eigenvalue weighted by Gasteiger charge is 2.30. The van der Waals surface area contributed by atoms with E-state index in [4.69, 9.17) is 5.73 Å². The van der Waals surface area contributed by atoms with Gasteiger partial charge in [-0.15, -0.1) is 0 Å². The highest BCUT2D eigenvalue weighted by molar-refractivity contribution is 5.98. The molecule has 2 N–H and O–H groups in total. The Labute approximate surface area is 158 Å². The van der Waals surface area contributed by atoms with E-state index in [2.05, 4.69) is 0 Å². The number of hydrogen-bond acceptors (Lipinski definition) is 3. The fourth-order valence-corrected chi connectivity index (χ4v) is 3.04. The Morgan fingerprint density at radius 3 is 2.32 bits per heavy atom. The van der Waals surface area contributed by atoms with Crippen LogP contribution in [-0.2, 0) is 24.4 Å². The molecule has 0 spiro atoms. The average molecular weight is 389 g/mol. The number of para-hydroxylation sites is 1. The molecule has 28 heavy (non-hydrogen) atoms. The number of fused-ring (bicyclic) bond motifs is 1. The Hall–Kier alpha value is -3.29. The fraction of sp³-hybridized carbons (Fsp3) is 0.200. The monoisotopic (exact) mass is 389 g/mol. The van der Waals surface area contributed by atoms with Crippen LogP contribution in [0.15, 0.2) is 53.3 Å². The number of benzene rings is 2. The minimum Gasteiger partial charge on any atom is -0.398 e. The predicted octanol–water partition coefficient (Wildman–Crippen LogP) is 3.35. The van der Waals surface area contributed by atoms with Crippen LogP contribution in [0, 0.1) is 0 Å². The van der Waals surface area contributed by atoms with Gasteiger partial charge in [-0.3, -0.25) is 9.59 Å². The van der Waals surface area contributed by atoms with E-state index in [0.717, 1.165) is 12.1 Å². The third-order valence-electron chi connectivity index (χ3n) is 4.73. The number of carbonyl (C=O) groups excluding carboxylic acids is 1. The van der Waals surface area contributed by atoms with Gasteiger partial charge >= 0.3 is 6.18 Å². The second-order valence-electron chi connectivity index (χ2n) is 6.45. The zero-order valence-corrected chi connectivity index (χ0v) is 15.2. The molecular weight excluding hydrogens is 371 g/mol. The van der Waals surface area contributed by atoms with Crippen LogP contribution in [0.25, 0.3) is 10.9 Å². The van der Waals surface area contributed by atoms with Gasteiger partial charge in [0.25, 0.3) is 5.56 Å². The third kappa shape index (κ3) is 3.45. The van der Waals surface area contributed by atoms with Gasteiger partial charge in [-0.1, -0.05) is 18.2 Å². The first kappa shape index (κ1) is 19.5. The Morgan fingerprint density at radius 2 is 1.71 bits per heavy atom. The van der Waals surface area contributed by atoms with Crippen molar-refractivity contribution in [3.05, 3.63) is 70.0 Å². The molecule has 0 saturated carbocycles. The number of pyridine rings is 1. The molecule has 0 aliphatic carbocycles. The number of nitrogen functional groups attached to an aromatic ring is 1. The molecule has 3 rings (SSSR count). The molecule has 1 aromatic heterocycles. The van der Waals surface area contributed by atoms with E-state index in [0.29, 0.717) is 10.9 Å². The van der Waals surface area contributed by atoms with Crippen molar-refractivity contribution in [3.63, 3.8) is 0 Å². The van der Waals surface area contributed by atoms with Crippen molar-refractivity contribution in [2.75, 3.05) is 17.7 Å². The highest BCUT2D eigenvalue weighted by Crippen LogP contribution is 2.30. The van der Waals surface area contributed by atoms with Crippen LogP contribution in [0.3, 0.4) is 0 Å². The van der Waals surface area contributed by atoms with E-state index in [1.807, 2.05) is 0 Å². The maximum absolute atomic E-state index is 12.7. The Kier molecular flexibility index (Phi) is 4.89. The van der Waals surface area contributed by atoms with Gasteiger partial charge < -0.3 is 15.2 Å². The molecule has 0 aliphatic rings. The summed E-state index contributed by atoms with van der Waals surface area (Å²) >= 11 is 0. The molecule has 0 saturated heterocycles. The summed E-state index contributed by atoms with van der Waals surface area (Å²) in [5, 5.41) is 0.657. The number of amides is 1. The quantitative estimate of drug-likeness (QED) is 0.747. The van der Waals surface area contributed by atoms with Crippen LogP contribution in [-0.4, -0.2) is 17.5 Å². The molecule has 3 aromatic rings. The summed E-state index contributed by atoms with van der Waals surface area (Å²) in [6, 6.07) is 11.3. The van der Waals surface area contributed by atoms with Crippen molar-refractivity contribution in [1.29, 1.82) is 0 Å². The average Bonchev–Trinajstić information content (AvgIpc) is 2.68. The number of halogens is 3. The van der Waals surface area contributed by atoms with Crippen molar-refractivity contribution in [2.45, 2.75) is 12.6 Å².